The first-order valence-corrected chi connectivity index (χ1v) is 8.29. The fraction of sp³-hybridized carbons (Fsp3) is 0.786. The van der Waals surface area contributed by atoms with Gasteiger partial charge in [0.15, 0.2) is 0 Å². The lowest BCUT2D eigenvalue weighted by Crippen LogP contribution is -2.48. The van der Waals surface area contributed by atoms with Crippen molar-refractivity contribution in [3.63, 3.8) is 0 Å². The Morgan fingerprint density at radius 3 is 2.53 bits per heavy atom. The molecule has 2 saturated heterocycles. The summed E-state index contributed by atoms with van der Waals surface area (Å²) in [6.45, 7) is 8.88. The van der Waals surface area contributed by atoms with Crippen LogP contribution in [0.3, 0.4) is 0 Å². The number of fused-ring (bicyclic) bond motifs is 1. The van der Waals surface area contributed by atoms with E-state index in [1.807, 2.05) is 0 Å². The highest BCUT2D eigenvalue weighted by Gasteiger charge is 2.58. The zero-order chi connectivity index (χ0) is 13.1. The first-order valence-electron chi connectivity index (χ1n) is 7.22. The minimum atomic E-state index is 0.468. The molecule has 104 valence electrons. The quantitative estimate of drug-likeness (QED) is 0.761. The molecule has 19 heavy (non-hydrogen) atoms. The van der Waals surface area contributed by atoms with Crippen molar-refractivity contribution in [2.75, 3.05) is 26.3 Å². The lowest BCUT2D eigenvalue weighted by molar-refractivity contribution is -0.0610. The van der Waals surface area contributed by atoms with Gasteiger partial charge in [-0.1, -0.05) is 0 Å². The molecule has 0 radical (unpaired) electrons. The summed E-state index contributed by atoms with van der Waals surface area (Å²) in [6, 6.07) is 3.47. The number of ether oxygens (including phenoxy) is 1. The molecule has 3 aliphatic rings. The van der Waals surface area contributed by atoms with Crippen molar-refractivity contribution >= 4 is 22.6 Å². The van der Waals surface area contributed by atoms with Gasteiger partial charge >= 0.3 is 0 Å². The number of rotatable bonds is 3. The van der Waals surface area contributed by atoms with Gasteiger partial charge in [-0.2, -0.15) is 5.10 Å². The summed E-state index contributed by atoms with van der Waals surface area (Å²) in [5.74, 6) is 2.49. The van der Waals surface area contributed by atoms with E-state index in [0.29, 0.717) is 12.1 Å². The van der Waals surface area contributed by atoms with Crippen molar-refractivity contribution in [2.45, 2.75) is 31.8 Å². The third-order valence-corrected chi connectivity index (χ3v) is 5.45. The van der Waals surface area contributed by atoms with Gasteiger partial charge in [0.05, 0.1) is 19.3 Å². The van der Waals surface area contributed by atoms with Gasteiger partial charge in [0.25, 0.3) is 0 Å². The predicted octanol–water partition coefficient (Wildman–Crippen LogP) is 2.11. The lowest BCUT2D eigenvalue weighted by atomic mass is 10.1. The molecule has 3 fully saturated rings. The smallest absolute Gasteiger partial charge is 0.123 e. The normalized spacial score (nSPS) is 34.6. The lowest BCUT2D eigenvalue weighted by Gasteiger charge is -2.35. The van der Waals surface area contributed by atoms with Gasteiger partial charge < -0.3 is 4.74 Å². The Labute approximate surface area is 127 Å². The molecule has 3 atom stereocenters. The molecular formula is C14H20IN3O. The number of piperidine rings is 1. The minimum Gasteiger partial charge on any atom is -0.378 e. The van der Waals surface area contributed by atoms with Crippen LogP contribution in [0.15, 0.2) is 6.07 Å². The Bertz CT molecular complexity index is 485. The average Bonchev–Trinajstić information content (AvgIpc) is 2.68. The van der Waals surface area contributed by atoms with E-state index < -0.39 is 0 Å². The first-order chi connectivity index (χ1) is 9.15. The minimum absolute atomic E-state index is 0.468. The highest BCUT2D eigenvalue weighted by atomic mass is 127. The number of hydrogen-bond acceptors (Lipinski definition) is 3. The van der Waals surface area contributed by atoms with Crippen LogP contribution < -0.4 is 0 Å². The molecule has 0 spiro atoms. The molecule has 5 heteroatoms. The molecular weight excluding hydrogens is 353 g/mol. The fourth-order valence-electron chi connectivity index (χ4n) is 3.77. The van der Waals surface area contributed by atoms with Gasteiger partial charge in [0.1, 0.15) is 3.70 Å². The van der Waals surface area contributed by atoms with E-state index in [4.69, 9.17) is 4.74 Å². The van der Waals surface area contributed by atoms with Crippen LogP contribution in [0.2, 0.25) is 0 Å². The molecule has 4 rings (SSSR count). The Morgan fingerprint density at radius 2 is 2.00 bits per heavy atom. The predicted molar refractivity (Wildman–Crippen MR) is 81.2 cm³/mol. The van der Waals surface area contributed by atoms with Crippen LogP contribution in [0.25, 0.3) is 0 Å². The van der Waals surface area contributed by atoms with Gasteiger partial charge in [-0.3, -0.25) is 9.58 Å². The second kappa shape index (κ2) is 4.43. The molecule has 1 aromatic rings. The van der Waals surface area contributed by atoms with Crippen LogP contribution >= 0.6 is 22.6 Å². The highest BCUT2D eigenvalue weighted by Crippen LogP contribution is 2.59. The average molecular weight is 373 g/mol. The van der Waals surface area contributed by atoms with Crippen LogP contribution in [0.4, 0.5) is 0 Å². The van der Waals surface area contributed by atoms with Gasteiger partial charge in [-0.25, -0.2) is 0 Å². The maximum atomic E-state index is 5.31. The molecule has 4 nitrogen and oxygen atoms in total. The second-order valence-corrected chi connectivity index (χ2v) is 7.53. The molecule has 0 aromatic carbocycles. The molecule has 1 aromatic heterocycles. The molecule has 1 aliphatic carbocycles. The number of aromatic nitrogens is 2. The van der Waals surface area contributed by atoms with Gasteiger partial charge in [0.2, 0.25) is 0 Å². The monoisotopic (exact) mass is 373 g/mol. The largest absolute Gasteiger partial charge is 0.378 e. The van der Waals surface area contributed by atoms with E-state index in [2.05, 4.69) is 57.2 Å². The summed E-state index contributed by atoms with van der Waals surface area (Å²) in [5.41, 5.74) is 1.47. The van der Waals surface area contributed by atoms with E-state index in [-0.39, 0.29) is 0 Å². The third kappa shape index (κ3) is 1.96. The number of halogens is 1. The molecule has 0 bridgehead atoms. The molecule has 3 heterocycles. The molecule has 0 N–H and O–H groups in total. The number of nitrogens with zero attached hydrogens (tertiary/aromatic N) is 3. The summed E-state index contributed by atoms with van der Waals surface area (Å²) < 4.78 is 8.68. The van der Waals surface area contributed by atoms with Crippen molar-refractivity contribution < 1.29 is 4.74 Å². The fourth-order valence-corrected chi connectivity index (χ4v) is 4.32. The van der Waals surface area contributed by atoms with E-state index in [1.165, 1.54) is 18.8 Å². The van der Waals surface area contributed by atoms with Crippen molar-refractivity contribution in [1.29, 1.82) is 0 Å². The van der Waals surface area contributed by atoms with E-state index in [9.17, 15) is 0 Å². The van der Waals surface area contributed by atoms with Gasteiger partial charge in [0, 0.05) is 30.7 Å². The summed E-state index contributed by atoms with van der Waals surface area (Å²) in [4.78, 5) is 2.64. The maximum Gasteiger partial charge on any atom is 0.123 e. The molecule has 2 aliphatic heterocycles. The van der Waals surface area contributed by atoms with E-state index in [1.54, 1.807) is 0 Å². The van der Waals surface area contributed by atoms with E-state index >= 15 is 0 Å². The molecule has 1 saturated carbocycles. The Kier molecular flexibility index (Phi) is 2.93. The Morgan fingerprint density at radius 1 is 1.32 bits per heavy atom. The van der Waals surface area contributed by atoms with Crippen molar-refractivity contribution in [3.8, 4) is 0 Å². The second-order valence-electron chi connectivity index (χ2n) is 6.43. The Hall–Kier alpha value is -0.140. The highest BCUT2D eigenvalue weighted by molar-refractivity contribution is 14.1. The number of likely N-dealkylation sites (tertiary alicyclic amines) is 1. The summed E-state index contributed by atoms with van der Waals surface area (Å²) in [5, 5.41) is 4.65. The van der Waals surface area contributed by atoms with Crippen molar-refractivity contribution in [1.82, 2.24) is 14.7 Å². The Balaban J connectivity index is 1.49. The zero-order valence-corrected chi connectivity index (χ0v) is 13.6. The van der Waals surface area contributed by atoms with Crippen molar-refractivity contribution in [3.05, 3.63) is 15.5 Å². The third-order valence-electron chi connectivity index (χ3n) is 4.92. The standard InChI is InChI=1S/C14H20IN3O/c1-8(2)18-12(3-13(15)16-18)14-10-4-17(5-11(10)14)9-6-19-7-9/h3,8-11,14H,4-7H2,1-2H3/t10-,11+,14?. The first kappa shape index (κ1) is 12.6. The molecule has 1 unspecified atom stereocenters. The summed E-state index contributed by atoms with van der Waals surface area (Å²) >= 11 is 2.34. The summed E-state index contributed by atoms with van der Waals surface area (Å²) in [6.07, 6.45) is 0. The van der Waals surface area contributed by atoms with Gasteiger partial charge in [-0.15, -0.1) is 0 Å². The SMILES string of the molecule is CC(C)n1nc(I)cc1C1[C@H]2CN(C3COC3)C[C@@H]12. The van der Waals surface area contributed by atoms with Gasteiger partial charge in [-0.05, 0) is 54.3 Å². The van der Waals surface area contributed by atoms with Crippen LogP contribution in [0.1, 0.15) is 31.5 Å². The topological polar surface area (TPSA) is 30.3 Å². The van der Waals surface area contributed by atoms with Crippen LogP contribution in [-0.4, -0.2) is 47.0 Å². The van der Waals surface area contributed by atoms with Crippen LogP contribution in [0.5, 0.6) is 0 Å². The van der Waals surface area contributed by atoms with Crippen LogP contribution in [-0.2, 0) is 4.74 Å². The number of hydrogen-bond donors (Lipinski definition) is 0. The maximum absolute atomic E-state index is 5.31. The van der Waals surface area contributed by atoms with E-state index in [0.717, 1.165) is 34.7 Å². The zero-order valence-electron chi connectivity index (χ0n) is 11.4. The van der Waals surface area contributed by atoms with Crippen molar-refractivity contribution in [2.24, 2.45) is 11.8 Å². The van der Waals surface area contributed by atoms with Crippen LogP contribution in [0, 0.1) is 15.5 Å². The molecule has 0 amide bonds. The summed E-state index contributed by atoms with van der Waals surface area (Å²) in [7, 11) is 0.